The van der Waals surface area contributed by atoms with E-state index in [9.17, 15) is 4.39 Å². The molecule has 0 unspecified atom stereocenters. The third kappa shape index (κ3) is 2.01. The van der Waals surface area contributed by atoms with Crippen LogP contribution in [0.2, 0.25) is 0 Å². The molecule has 1 aromatic rings. The van der Waals surface area contributed by atoms with Crippen LogP contribution in [0.5, 0.6) is 0 Å². The second-order valence-electron chi connectivity index (χ2n) is 2.17. The van der Waals surface area contributed by atoms with E-state index in [1.165, 1.54) is 0 Å². The Labute approximate surface area is 64.8 Å². The van der Waals surface area contributed by atoms with Crippen LogP contribution in [-0.2, 0) is 17.9 Å². The van der Waals surface area contributed by atoms with Crippen LogP contribution in [0.25, 0.3) is 0 Å². The molecule has 1 aromatic heterocycles. The molecule has 0 aliphatic carbocycles. The van der Waals surface area contributed by atoms with E-state index in [4.69, 9.17) is 4.74 Å². The molecule has 0 atom stereocenters. The maximum Gasteiger partial charge on any atom is 0.109 e. The Kier molecular flexibility index (Phi) is 3.04. The van der Waals surface area contributed by atoms with Gasteiger partial charge in [0.15, 0.2) is 0 Å². The molecule has 0 aromatic carbocycles. The van der Waals surface area contributed by atoms with E-state index in [0.29, 0.717) is 13.2 Å². The zero-order chi connectivity index (χ0) is 8.10. The van der Waals surface area contributed by atoms with E-state index in [2.05, 4.69) is 5.10 Å². The fourth-order valence-electron chi connectivity index (χ4n) is 0.912. The lowest BCUT2D eigenvalue weighted by Gasteiger charge is -2.02. The van der Waals surface area contributed by atoms with Gasteiger partial charge in [0, 0.05) is 13.3 Å². The monoisotopic (exact) mass is 158 g/mol. The normalized spacial score (nSPS) is 10.4. The number of halogens is 1. The molecule has 0 amide bonds. The van der Waals surface area contributed by atoms with Crippen molar-refractivity contribution in [2.24, 2.45) is 0 Å². The average Bonchev–Trinajstić information content (AvgIpc) is 2.39. The molecular formula is C7H11FN2O. The van der Waals surface area contributed by atoms with Crippen LogP contribution < -0.4 is 0 Å². The van der Waals surface area contributed by atoms with E-state index in [1.807, 2.05) is 6.07 Å². The first-order valence-corrected chi connectivity index (χ1v) is 3.44. The summed E-state index contributed by atoms with van der Waals surface area (Å²) in [7, 11) is 1.60. The van der Waals surface area contributed by atoms with Crippen molar-refractivity contribution in [1.29, 1.82) is 0 Å². The van der Waals surface area contributed by atoms with E-state index < -0.39 is 6.67 Å². The lowest BCUT2D eigenvalue weighted by atomic mass is 10.4. The molecule has 0 aliphatic heterocycles. The van der Waals surface area contributed by atoms with Gasteiger partial charge in [-0.3, -0.25) is 4.68 Å². The third-order valence-corrected chi connectivity index (χ3v) is 1.39. The standard InChI is InChI=1S/C7H11FN2O/c1-11-6-7-2-4-9-10(7)5-3-8/h2,4H,3,5-6H2,1H3. The van der Waals surface area contributed by atoms with E-state index in [1.54, 1.807) is 18.0 Å². The van der Waals surface area contributed by atoms with Crippen molar-refractivity contribution in [3.05, 3.63) is 18.0 Å². The second-order valence-corrected chi connectivity index (χ2v) is 2.17. The summed E-state index contributed by atoms with van der Waals surface area (Å²) in [6.45, 7) is 0.407. The highest BCUT2D eigenvalue weighted by Crippen LogP contribution is 1.99. The Balaban J connectivity index is 2.62. The maximum atomic E-state index is 11.9. The summed E-state index contributed by atoms with van der Waals surface area (Å²) in [5, 5.41) is 3.92. The van der Waals surface area contributed by atoms with Gasteiger partial charge in [-0.15, -0.1) is 0 Å². The molecule has 0 aliphatic rings. The van der Waals surface area contributed by atoms with E-state index in [-0.39, 0.29) is 0 Å². The van der Waals surface area contributed by atoms with Gasteiger partial charge in [-0.05, 0) is 6.07 Å². The highest BCUT2D eigenvalue weighted by atomic mass is 19.1. The van der Waals surface area contributed by atoms with Gasteiger partial charge >= 0.3 is 0 Å². The van der Waals surface area contributed by atoms with Crippen LogP contribution in [0.4, 0.5) is 4.39 Å². The lowest BCUT2D eigenvalue weighted by molar-refractivity contribution is 0.175. The fraction of sp³-hybridized carbons (Fsp3) is 0.571. The fourth-order valence-corrected chi connectivity index (χ4v) is 0.912. The number of aromatic nitrogens is 2. The van der Waals surface area contributed by atoms with Gasteiger partial charge in [-0.1, -0.05) is 0 Å². The molecule has 0 fully saturated rings. The zero-order valence-corrected chi connectivity index (χ0v) is 6.46. The van der Waals surface area contributed by atoms with Gasteiger partial charge in [0.1, 0.15) is 6.67 Å². The summed E-state index contributed by atoms with van der Waals surface area (Å²) >= 11 is 0. The van der Waals surface area contributed by atoms with Gasteiger partial charge in [0.05, 0.1) is 18.8 Å². The first kappa shape index (κ1) is 8.20. The topological polar surface area (TPSA) is 27.1 Å². The van der Waals surface area contributed by atoms with Crippen LogP contribution in [-0.4, -0.2) is 23.6 Å². The maximum absolute atomic E-state index is 11.9. The van der Waals surface area contributed by atoms with Crippen LogP contribution in [0.1, 0.15) is 5.69 Å². The Bertz CT molecular complexity index is 191. The Hall–Kier alpha value is -0.900. The number of hydrogen-bond acceptors (Lipinski definition) is 2. The van der Waals surface area contributed by atoms with Crippen molar-refractivity contribution in [2.75, 3.05) is 13.8 Å². The summed E-state index contributed by atoms with van der Waals surface area (Å²) in [5.74, 6) is 0. The number of rotatable bonds is 4. The van der Waals surface area contributed by atoms with Crippen LogP contribution >= 0.6 is 0 Å². The van der Waals surface area contributed by atoms with Crippen molar-refractivity contribution < 1.29 is 9.13 Å². The number of methoxy groups -OCH3 is 1. The van der Waals surface area contributed by atoms with Gasteiger partial charge < -0.3 is 4.74 Å². The SMILES string of the molecule is COCc1ccnn1CCF. The summed E-state index contributed by atoms with van der Waals surface area (Å²) in [6, 6.07) is 1.82. The second kappa shape index (κ2) is 4.08. The molecule has 0 saturated heterocycles. The number of ether oxygens (including phenoxy) is 1. The Morgan fingerprint density at radius 2 is 2.55 bits per heavy atom. The summed E-state index contributed by atoms with van der Waals surface area (Å²) in [4.78, 5) is 0. The smallest absolute Gasteiger partial charge is 0.109 e. The Morgan fingerprint density at radius 3 is 3.18 bits per heavy atom. The number of hydrogen-bond donors (Lipinski definition) is 0. The van der Waals surface area contributed by atoms with Crippen molar-refractivity contribution in [2.45, 2.75) is 13.2 Å². The Morgan fingerprint density at radius 1 is 1.73 bits per heavy atom. The molecule has 4 heteroatoms. The van der Waals surface area contributed by atoms with E-state index in [0.717, 1.165) is 5.69 Å². The lowest BCUT2D eigenvalue weighted by Crippen LogP contribution is -2.06. The molecule has 0 saturated carbocycles. The van der Waals surface area contributed by atoms with Gasteiger partial charge in [0.25, 0.3) is 0 Å². The highest BCUT2D eigenvalue weighted by Gasteiger charge is 1.99. The van der Waals surface area contributed by atoms with Crippen molar-refractivity contribution in [3.8, 4) is 0 Å². The molecule has 11 heavy (non-hydrogen) atoms. The van der Waals surface area contributed by atoms with Gasteiger partial charge in [-0.2, -0.15) is 5.10 Å². The van der Waals surface area contributed by atoms with Gasteiger partial charge in [0.2, 0.25) is 0 Å². The predicted molar refractivity (Wildman–Crippen MR) is 38.9 cm³/mol. The summed E-state index contributed by atoms with van der Waals surface area (Å²) < 4.78 is 18.4. The molecule has 0 bridgehead atoms. The van der Waals surface area contributed by atoms with Crippen LogP contribution in [0.3, 0.4) is 0 Å². The molecule has 62 valence electrons. The minimum absolute atomic E-state index is 0.311. The predicted octanol–water partition coefficient (Wildman–Crippen LogP) is 0.999. The van der Waals surface area contributed by atoms with Crippen molar-refractivity contribution >= 4 is 0 Å². The molecule has 3 nitrogen and oxygen atoms in total. The van der Waals surface area contributed by atoms with Crippen molar-refractivity contribution in [3.63, 3.8) is 0 Å². The zero-order valence-electron chi connectivity index (χ0n) is 6.46. The first-order valence-electron chi connectivity index (χ1n) is 3.44. The molecule has 0 N–H and O–H groups in total. The average molecular weight is 158 g/mol. The summed E-state index contributed by atoms with van der Waals surface area (Å²) in [6.07, 6.45) is 1.64. The summed E-state index contributed by atoms with van der Waals surface area (Å²) in [5.41, 5.74) is 0.908. The van der Waals surface area contributed by atoms with Crippen LogP contribution in [0.15, 0.2) is 12.3 Å². The van der Waals surface area contributed by atoms with Crippen LogP contribution in [0, 0.1) is 0 Å². The quantitative estimate of drug-likeness (QED) is 0.653. The largest absolute Gasteiger partial charge is 0.378 e. The first-order chi connectivity index (χ1) is 5.38. The molecule has 0 radical (unpaired) electrons. The van der Waals surface area contributed by atoms with E-state index >= 15 is 0 Å². The number of alkyl halides is 1. The number of nitrogens with zero attached hydrogens (tertiary/aromatic N) is 2. The third-order valence-electron chi connectivity index (χ3n) is 1.39. The molecule has 1 rings (SSSR count). The molecule has 1 heterocycles. The highest BCUT2D eigenvalue weighted by molar-refractivity contribution is 4.98. The molecular weight excluding hydrogens is 147 g/mol. The minimum Gasteiger partial charge on any atom is -0.378 e. The number of aryl methyl sites for hydroxylation is 1. The minimum atomic E-state index is -0.390. The van der Waals surface area contributed by atoms with Crippen molar-refractivity contribution in [1.82, 2.24) is 9.78 Å². The van der Waals surface area contributed by atoms with Gasteiger partial charge in [-0.25, -0.2) is 4.39 Å². The molecule has 0 spiro atoms.